The van der Waals surface area contributed by atoms with Gasteiger partial charge in [0, 0.05) is 17.0 Å². The van der Waals surface area contributed by atoms with E-state index in [2.05, 4.69) is 10.5 Å². The molecule has 0 aliphatic rings. The van der Waals surface area contributed by atoms with Crippen LogP contribution in [0.15, 0.2) is 87.7 Å². The number of rotatable bonds is 11. The van der Waals surface area contributed by atoms with Gasteiger partial charge in [-0.3, -0.25) is 19.2 Å². The second-order valence-electron chi connectivity index (χ2n) is 7.26. The van der Waals surface area contributed by atoms with Gasteiger partial charge in [0.05, 0.1) is 28.3 Å². The molecule has 0 aromatic heterocycles. The summed E-state index contributed by atoms with van der Waals surface area (Å²) in [6.45, 7) is 1.76. The third-order valence-corrected chi connectivity index (χ3v) is 7.41. The highest BCUT2D eigenvalue weighted by Gasteiger charge is 2.27. The van der Waals surface area contributed by atoms with Gasteiger partial charge in [0.15, 0.2) is 0 Å². The summed E-state index contributed by atoms with van der Waals surface area (Å²) < 4.78 is 33.4. The second kappa shape index (κ2) is 12.2. The molecule has 0 aliphatic heterocycles. The highest BCUT2D eigenvalue weighted by molar-refractivity contribution is 7.98. The average Bonchev–Trinajstić information content (AvgIpc) is 2.88. The molecule has 0 atom stereocenters. The minimum Gasteiger partial charge on any atom is -0.494 e. The fourth-order valence-electron chi connectivity index (χ4n) is 3.09. The number of ether oxygens (including phenoxy) is 1. The Bertz CT molecular complexity index is 1330. The van der Waals surface area contributed by atoms with Crippen molar-refractivity contribution in [3.63, 3.8) is 0 Å². The van der Waals surface area contributed by atoms with E-state index in [-0.39, 0.29) is 16.3 Å². The predicted molar refractivity (Wildman–Crippen MR) is 139 cm³/mol. The zero-order chi connectivity index (χ0) is 26.1. The van der Waals surface area contributed by atoms with Crippen molar-refractivity contribution in [2.75, 3.05) is 23.7 Å². The number of nitro benzene ring substituents is 1. The van der Waals surface area contributed by atoms with E-state index >= 15 is 0 Å². The van der Waals surface area contributed by atoms with E-state index in [1.54, 1.807) is 36.4 Å². The van der Waals surface area contributed by atoms with E-state index in [0.29, 0.717) is 17.9 Å². The number of carbonyl (C=O) groups excluding carboxylic acids is 1. The van der Waals surface area contributed by atoms with E-state index in [9.17, 15) is 23.3 Å². The molecule has 3 aromatic rings. The standard InChI is InChI=1S/C24H24N4O6S2/c1-3-34-21-10-8-19(9-11-21)27(36(32,33)23-14-12-22(35-2)13-15-23)17-24(29)26-25-16-18-4-6-20(7-5-18)28(30)31/h4-16H,3,17H2,1-2H3,(H,26,29)/b25-16-. The molecule has 0 aliphatic carbocycles. The van der Waals surface area contributed by atoms with Gasteiger partial charge in [0.25, 0.3) is 21.6 Å². The summed E-state index contributed by atoms with van der Waals surface area (Å²) in [6.07, 6.45) is 3.19. The van der Waals surface area contributed by atoms with Crippen molar-refractivity contribution in [2.24, 2.45) is 5.10 Å². The van der Waals surface area contributed by atoms with Gasteiger partial charge in [-0.25, -0.2) is 13.8 Å². The van der Waals surface area contributed by atoms with Gasteiger partial charge in [0.2, 0.25) is 0 Å². The van der Waals surface area contributed by atoms with Gasteiger partial charge >= 0.3 is 0 Å². The Balaban J connectivity index is 1.82. The molecule has 0 bridgehead atoms. The highest BCUT2D eigenvalue weighted by atomic mass is 32.2. The molecule has 0 spiro atoms. The molecule has 0 saturated carbocycles. The lowest BCUT2D eigenvalue weighted by molar-refractivity contribution is -0.384. The number of sulfonamides is 1. The molecule has 0 radical (unpaired) electrons. The molecule has 188 valence electrons. The maximum atomic E-state index is 13.5. The van der Waals surface area contributed by atoms with Crippen LogP contribution in [0, 0.1) is 10.1 Å². The third kappa shape index (κ3) is 6.83. The molecule has 0 heterocycles. The first-order valence-electron chi connectivity index (χ1n) is 10.7. The van der Waals surface area contributed by atoms with Crippen LogP contribution >= 0.6 is 11.8 Å². The topological polar surface area (TPSA) is 131 Å². The summed E-state index contributed by atoms with van der Waals surface area (Å²) in [4.78, 5) is 23.8. The summed E-state index contributed by atoms with van der Waals surface area (Å²) in [6, 6.07) is 18.3. The maximum absolute atomic E-state index is 13.5. The van der Waals surface area contributed by atoms with E-state index in [0.717, 1.165) is 9.20 Å². The van der Waals surface area contributed by atoms with Crippen LogP contribution in [-0.4, -0.2) is 44.9 Å². The minimum absolute atomic E-state index is 0.0383. The van der Waals surface area contributed by atoms with E-state index in [4.69, 9.17) is 4.74 Å². The van der Waals surface area contributed by atoms with Crippen LogP contribution in [0.25, 0.3) is 0 Å². The van der Waals surface area contributed by atoms with Gasteiger partial charge in [-0.2, -0.15) is 5.10 Å². The molecule has 36 heavy (non-hydrogen) atoms. The van der Waals surface area contributed by atoms with Gasteiger partial charge < -0.3 is 4.74 Å². The van der Waals surface area contributed by atoms with Crippen molar-refractivity contribution in [1.82, 2.24) is 5.43 Å². The molecular formula is C24H24N4O6S2. The predicted octanol–water partition coefficient (Wildman–Crippen LogP) is 4.06. The molecule has 10 nitrogen and oxygen atoms in total. The van der Waals surface area contributed by atoms with E-state index in [1.165, 1.54) is 54.4 Å². The fraction of sp³-hybridized carbons (Fsp3) is 0.167. The number of hydrogen-bond acceptors (Lipinski definition) is 8. The Morgan fingerprint density at radius 1 is 1.08 bits per heavy atom. The number of benzene rings is 3. The van der Waals surface area contributed by atoms with Crippen LogP contribution < -0.4 is 14.5 Å². The minimum atomic E-state index is -4.08. The fourth-order valence-corrected chi connectivity index (χ4v) is 4.92. The molecular weight excluding hydrogens is 504 g/mol. The van der Waals surface area contributed by atoms with Crippen molar-refractivity contribution >= 4 is 45.3 Å². The number of nitrogens with zero attached hydrogens (tertiary/aromatic N) is 3. The summed E-state index contributed by atoms with van der Waals surface area (Å²) in [5.74, 6) is -0.105. The van der Waals surface area contributed by atoms with Crippen molar-refractivity contribution in [3.05, 3.63) is 88.5 Å². The number of nitrogens with one attached hydrogen (secondary N) is 1. The number of anilines is 1. The molecule has 0 unspecified atom stereocenters. The monoisotopic (exact) mass is 528 g/mol. The van der Waals surface area contributed by atoms with Gasteiger partial charge in [-0.15, -0.1) is 11.8 Å². The Morgan fingerprint density at radius 2 is 1.72 bits per heavy atom. The van der Waals surface area contributed by atoms with Gasteiger partial charge in [0.1, 0.15) is 12.3 Å². The van der Waals surface area contributed by atoms with E-state index in [1.807, 2.05) is 13.2 Å². The largest absolute Gasteiger partial charge is 0.494 e. The van der Waals surface area contributed by atoms with Crippen LogP contribution in [0.2, 0.25) is 0 Å². The molecule has 12 heteroatoms. The smallest absolute Gasteiger partial charge is 0.269 e. The second-order valence-corrected chi connectivity index (χ2v) is 10.00. The lowest BCUT2D eigenvalue weighted by Gasteiger charge is -2.24. The van der Waals surface area contributed by atoms with Crippen LogP contribution in [0.1, 0.15) is 12.5 Å². The van der Waals surface area contributed by atoms with Crippen LogP contribution in [0.4, 0.5) is 11.4 Å². The van der Waals surface area contributed by atoms with Crippen LogP contribution in [-0.2, 0) is 14.8 Å². The quantitative estimate of drug-likeness (QED) is 0.172. The normalized spacial score (nSPS) is 11.3. The van der Waals surface area contributed by atoms with Crippen molar-refractivity contribution < 1.29 is 22.9 Å². The zero-order valence-corrected chi connectivity index (χ0v) is 21.2. The number of nitro groups is 1. The van der Waals surface area contributed by atoms with E-state index < -0.39 is 27.4 Å². The Hall–Kier alpha value is -3.90. The molecule has 3 aromatic carbocycles. The van der Waals surface area contributed by atoms with Gasteiger partial charge in [-0.05, 0) is 79.4 Å². The summed E-state index contributed by atoms with van der Waals surface area (Å²) >= 11 is 1.48. The molecule has 3 rings (SSSR count). The Morgan fingerprint density at radius 3 is 2.28 bits per heavy atom. The highest BCUT2D eigenvalue weighted by Crippen LogP contribution is 2.27. The number of hydrogen-bond donors (Lipinski definition) is 1. The first-order valence-corrected chi connectivity index (χ1v) is 13.4. The average molecular weight is 529 g/mol. The summed E-state index contributed by atoms with van der Waals surface area (Å²) in [5, 5.41) is 14.6. The lowest BCUT2D eigenvalue weighted by atomic mass is 10.2. The van der Waals surface area contributed by atoms with Crippen LogP contribution in [0.5, 0.6) is 5.75 Å². The molecule has 1 N–H and O–H groups in total. The number of amides is 1. The van der Waals surface area contributed by atoms with Crippen LogP contribution in [0.3, 0.4) is 0 Å². The first kappa shape index (κ1) is 26.7. The third-order valence-electron chi connectivity index (χ3n) is 4.88. The lowest BCUT2D eigenvalue weighted by Crippen LogP contribution is -2.39. The maximum Gasteiger partial charge on any atom is 0.269 e. The molecule has 1 amide bonds. The Labute approximate surface area is 213 Å². The summed E-state index contributed by atoms with van der Waals surface area (Å²) in [7, 11) is -4.08. The summed E-state index contributed by atoms with van der Waals surface area (Å²) in [5.41, 5.74) is 3.03. The first-order chi connectivity index (χ1) is 17.2. The van der Waals surface area contributed by atoms with Gasteiger partial charge in [-0.1, -0.05) is 0 Å². The molecule has 0 fully saturated rings. The van der Waals surface area contributed by atoms with Crippen molar-refractivity contribution in [2.45, 2.75) is 16.7 Å². The zero-order valence-electron chi connectivity index (χ0n) is 19.5. The van der Waals surface area contributed by atoms with Crippen molar-refractivity contribution in [1.29, 1.82) is 0 Å². The number of hydrazone groups is 1. The molecule has 0 saturated heterocycles. The Kier molecular flexibility index (Phi) is 9.03. The number of non-ortho nitro benzene ring substituents is 1. The van der Waals surface area contributed by atoms with Crippen molar-refractivity contribution in [3.8, 4) is 5.75 Å². The number of thioether (sulfide) groups is 1. The number of carbonyl (C=O) groups is 1. The SMILES string of the molecule is CCOc1ccc(N(CC(=O)N/N=C\c2ccc([N+](=O)[O-])cc2)S(=O)(=O)c2ccc(SC)cc2)cc1.